The Balaban J connectivity index is 2.73. The average Bonchev–Trinajstić information content (AvgIpc) is 2.17. The van der Waals surface area contributed by atoms with E-state index in [1.165, 1.54) is 0 Å². The lowest BCUT2D eigenvalue weighted by Gasteiger charge is -2.13. The van der Waals surface area contributed by atoms with E-state index in [4.69, 9.17) is 11.6 Å². The Bertz CT molecular complexity index is 381. The number of amides is 1. The zero-order valence-electron chi connectivity index (χ0n) is 9.39. The molecule has 0 aliphatic heterocycles. The van der Waals surface area contributed by atoms with Gasteiger partial charge in [-0.3, -0.25) is 4.79 Å². The Labute approximate surface area is 115 Å². The fraction of sp³-hybridized carbons (Fsp3) is 0.417. The largest absolute Gasteiger partial charge is 0.350 e. The van der Waals surface area contributed by atoms with Crippen molar-refractivity contribution in [2.45, 2.75) is 32.7 Å². The summed E-state index contributed by atoms with van der Waals surface area (Å²) in [6, 6.07) is 5.51. The minimum absolute atomic E-state index is 0.0259. The van der Waals surface area contributed by atoms with E-state index in [0.717, 1.165) is 16.4 Å². The molecule has 2 nitrogen and oxygen atoms in total. The Morgan fingerprint density at radius 2 is 2.25 bits per heavy atom. The van der Waals surface area contributed by atoms with Crippen molar-refractivity contribution >= 4 is 40.1 Å². The van der Waals surface area contributed by atoms with Crippen LogP contribution in [0.25, 0.3) is 0 Å². The van der Waals surface area contributed by atoms with Gasteiger partial charge in [0.1, 0.15) is 0 Å². The maximum Gasteiger partial charge on any atom is 0.252 e. The fourth-order valence-electron chi connectivity index (χ4n) is 1.48. The monoisotopic (exact) mass is 351 g/mol. The number of hydrogen-bond donors (Lipinski definition) is 1. The smallest absolute Gasteiger partial charge is 0.252 e. The Morgan fingerprint density at radius 1 is 1.56 bits per heavy atom. The van der Waals surface area contributed by atoms with Crippen LogP contribution in [0.15, 0.2) is 18.2 Å². The van der Waals surface area contributed by atoms with E-state index in [9.17, 15) is 4.79 Å². The van der Waals surface area contributed by atoms with Gasteiger partial charge in [0, 0.05) is 14.6 Å². The third kappa shape index (κ3) is 3.94. The SMILES string of the molecule is CCC[C@H](C)NC(=O)c1ccc(Cl)cc1I. The Hall–Kier alpha value is -0.290. The van der Waals surface area contributed by atoms with Crippen molar-refractivity contribution in [2.75, 3.05) is 0 Å². The highest BCUT2D eigenvalue weighted by molar-refractivity contribution is 14.1. The molecule has 1 aromatic rings. The lowest BCUT2D eigenvalue weighted by Crippen LogP contribution is -2.32. The highest BCUT2D eigenvalue weighted by Gasteiger charge is 2.12. The number of carbonyl (C=O) groups is 1. The van der Waals surface area contributed by atoms with Crippen molar-refractivity contribution in [3.63, 3.8) is 0 Å². The van der Waals surface area contributed by atoms with E-state index in [2.05, 4.69) is 34.8 Å². The van der Waals surface area contributed by atoms with Gasteiger partial charge in [0.25, 0.3) is 5.91 Å². The molecule has 1 aromatic carbocycles. The summed E-state index contributed by atoms with van der Waals surface area (Å²) in [4.78, 5) is 11.9. The zero-order valence-corrected chi connectivity index (χ0v) is 12.3. The number of halogens is 2. The second-order valence-corrected chi connectivity index (χ2v) is 5.39. The van der Waals surface area contributed by atoms with E-state index < -0.39 is 0 Å². The van der Waals surface area contributed by atoms with Gasteiger partial charge in [0.2, 0.25) is 0 Å². The summed E-state index contributed by atoms with van der Waals surface area (Å²) in [6.07, 6.45) is 2.06. The molecular formula is C12H15ClINO. The average molecular weight is 352 g/mol. The second-order valence-electron chi connectivity index (χ2n) is 3.79. The molecule has 1 atom stereocenters. The van der Waals surface area contributed by atoms with Crippen molar-refractivity contribution < 1.29 is 4.79 Å². The minimum atomic E-state index is -0.0259. The van der Waals surface area contributed by atoms with Crippen LogP contribution in [-0.2, 0) is 0 Å². The molecule has 0 aliphatic carbocycles. The van der Waals surface area contributed by atoms with Gasteiger partial charge in [-0.15, -0.1) is 0 Å². The first-order valence-corrected chi connectivity index (χ1v) is 6.76. The fourth-order valence-corrected chi connectivity index (χ4v) is 2.60. The maximum absolute atomic E-state index is 11.9. The molecule has 0 saturated heterocycles. The summed E-state index contributed by atoms with van der Waals surface area (Å²) < 4.78 is 0.881. The molecule has 0 radical (unpaired) electrons. The third-order valence-corrected chi connectivity index (χ3v) is 3.40. The Kier molecular flexibility index (Phi) is 5.55. The van der Waals surface area contributed by atoms with Crippen LogP contribution in [0.3, 0.4) is 0 Å². The number of nitrogens with one attached hydrogen (secondary N) is 1. The molecule has 0 aromatic heterocycles. The predicted molar refractivity (Wildman–Crippen MR) is 76.0 cm³/mol. The van der Waals surface area contributed by atoms with Crippen molar-refractivity contribution in [1.82, 2.24) is 5.32 Å². The molecule has 0 bridgehead atoms. The molecule has 16 heavy (non-hydrogen) atoms. The number of carbonyl (C=O) groups excluding carboxylic acids is 1. The first-order chi connectivity index (χ1) is 7.54. The normalized spacial score (nSPS) is 12.2. The van der Waals surface area contributed by atoms with Gasteiger partial charge in [0.05, 0.1) is 5.56 Å². The van der Waals surface area contributed by atoms with Crippen molar-refractivity contribution in [3.05, 3.63) is 32.4 Å². The molecule has 0 aliphatic rings. The van der Waals surface area contributed by atoms with Gasteiger partial charge >= 0.3 is 0 Å². The molecule has 0 saturated carbocycles. The zero-order chi connectivity index (χ0) is 12.1. The predicted octanol–water partition coefficient (Wildman–Crippen LogP) is 3.86. The summed E-state index contributed by atoms with van der Waals surface area (Å²) in [5, 5.41) is 3.63. The van der Waals surface area contributed by atoms with Crippen LogP contribution in [0.5, 0.6) is 0 Å². The Morgan fingerprint density at radius 3 is 2.81 bits per heavy atom. The van der Waals surface area contributed by atoms with E-state index in [-0.39, 0.29) is 11.9 Å². The highest BCUT2D eigenvalue weighted by atomic mass is 127. The summed E-state index contributed by atoms with van der Waals surface area (Å²) in [6.45, 7) is 4.12. The van der Waals surface area contributed by atoms with Crippen LogP contribution >= 0.6 is 34.2 Å². The van der Waals surface area contributed by atoms with Gasteiger partial charge in [-0.05, 0) is 54.1 Å². The first-order valence-electron chi connectivity index (χ1n) is 5.30. The maximum atomic E-state index is 11.9. The molecular weight excluding hydrogens is 336 g/mol. The second kappa shape index (κ2) is 6.45. The molecule has 0 heterocycles. The van der Waals surface area contributed by atoms with Gasteiger partial charge in [-0.25, -0.2) is 0 Å². The minimum Gasteiger partial charge on any atom is -0.350 e. The molecule has 1 rings (SSSR count). The van der Waals surface area contributed by atoms with Crippen LogP contribution < -0.4 is 5.32 Å². The van der Waals surface area contributed by atoms with E-state index in [1.54, 1.807) is 18.2 Å². The first kappa shape index (κ1) is 13.8. The van der Waals surface area contributed by atoms with Gasteiger partial charge in [0.15, 0.2) is 0 Å². The van der Waals surface area contributed by atoms with Crippen LogP contribution in [0, 0.1) is 3.57 Å². The quantitative estimate of drug-likeness (QED) is 0.820. The molecule has 1 amide bonds. The summed E-state index contributed by atoms with van der Waals surface area (Å²) in [7, 11) is 0. The van der Waals surface area contributed by atoms with Gasteiger partial charge in [-0.1, -0.05) is 24.9 Å². The summed E-state index contributed by atoms with van der Waals surface area (Å²) in [5.74, 6) is -0.0259. The van der Waals surface area contributed by atoms with Crippen LogP contribution in [-0.4, -0.2) is 11.9 Å². The number of rotatable bonds is 4. The van der Waals surface area contributed by atoms with E-state index in [1.807, 2.05) is 6.92 Å². The number of benzene rings is 1. The van der Waals surface area contributed by atoms with Gasteiger partial charge < -0.3 is 5.32 Å². The standard InChI is InChI=1S/C12H15ClINO/c1-3-4-8(2)15-12(16)10-6-5-9(13)7-11(10)14/h5-8H,3-4H2,1-2H3,(H,15,16)/t8-/m0/s1. The van der Waals surface area contributed by atoms with E-state index >= 15 is 0 Å². The molecule has 4 heteroatoms. The van der Waals surface area contributed by atoms with Crippen molar-refractivity contribution in [2.24, 2.45) is 0 Å². The molecule has 0 unspecified atom stereocenters. The molecule has 88 valence electrons. The lowest BCUT2D eigenvalue weighted by atomic mass is 10.1. The molecule has 0 fully saturated rings. The van der Waals surface area contributed by atoms with Crippen LogP contribution in [0.4, 0.5) is 0 Å². The summed E-state index contributed by atoms with van der Waals surface area (Å²) >= 11 is 7.96. The summed E-state index contributed by atoms with van der Waals surface area (Å²) in [5.41, 5.74) is 0.688. The molecule has 0 spiro atoms. The van der Waals surface area contributed by atoms with E-state index in [0.29, 0.717) is 10.6 Å². The third-order valence-electron chi connectivity index (χ3n) is 2.27. The van der Waals surface area contributed by atoms with Crippen molar-refractivity contribution in [1.29, 1.82) is 0 Å². The van der Waals surface area contributed by atoms with Crippen LogP contribution in [0.2, 0.25) is 5.02 Å². The van der Waals surface area contributed by atoms with Crippen LogP contribution in [0.1, 0.15) is 37.0 Å². The number of hydrogen-bond acceptors (Lipinski definition) is 1. The topological polar surface area (TPSA) is 29.1 Å². The molecule has 1 N–H and O–H groups in total. The highest BCUT2D eigenvalue weighted by Crippen LogP contribution is 2.18. The lowest BCUT2D eigenvalue weighted by molar-refractivity contribution is 0.0937. The van der Waals surface area contributed by atoms with Crippen molar-refractivity contribution in [3.8, 4) is 0 Å². The van der Waals surface area contributed by atoms with Gasteiger partial charge in [-0.2, -0.15) is 0 Å².